The van der Waals surface area contributed by atoms with Crippen molar-refractivity contribution >= 4 is 35.1 Å². The van der Waals surface area contributed by atoms with Crippen molar-refractivity contribution in [1.29, 1.82) is 0 Å². The van der Waals surface area contributed by atoms with Gasteiger partial charge < -0.3 is 24.5 Å². The fourth-order valence-electron chi connectivity index (χ4n) is 6.47. The van der Waals surface area contributed by atoms with Crippen LogP contribution in [0, 0.1) is 25.2 Å². The number of methoxy groups -OCH3 is 1. The first-order chi connectivity index (χ1) is 21.8. The van der Waals surface area contributed by atoms with E-state index in [1.165, 1.54) is 4.90 Å². The summed E-state index contributed by atoms with van der Waals surface area (Å²) in [5.74, 6) is -1.84. The maximum absolute atomic E-state index is 14.4. The molecule has 1 N–H and O–H groups in total. The molecule has 1 fully saturated rings. The van der Waals surface area contributed by atoms with Crippen LogP contribution in [0.25, 0.3) is 0 Å². The van der Waals surface area contributed by atoms with Crippen LogP contribution in [0.2, 0.25) is 0 Å². The lowest BCUT2D eigenvalue weighted by atomic mass is 9.84. The minimum Gasteiger partial charge on any atom is -0.496 e. The lowest BCUT2D eigenvalue weighted by molar-refractivity contribution is -0.143. The number of hydrogen-bond acceptors (Lipinski definition) is 9. The number of nitrogens with one attached hydrogen (secondary N) is 1. The second kappa shape index (κ2) is 14.6. The Kier molecular flexibility index (Phi) is 11.7. The summed E-state index contributed by atoms with van der Waals surface area (Å²) in [7, 11) is 1.63. The molecule has 0 unspecified atom stereocenters. The molecule has 0 aliphatic carbocycles. The molecule has 1 aromatic rings. The highest BCUT2D eigenvalue weighted by Crippen LogP contribution is 2.41. The number of aryl methyl sites for hydroxylation is 2. The lowest BCUT2D eigenvalue weighted by Crippen LogP contribution is -2.57. The Morgan fingerprint density at radius 2 is 1.68 bits per heavy atom. The summed E-state index contributed by atoms with van der Waals surface area (Å²) in [4.78, 5) is 74.3. The summed E-state index contributed by atoms with van der Waals surface area (Å²) in [6, 6.07) is 1.95. The normalized spacial score (nSPS) is 20.7. The summed E-state index contributed by atoms with van der Waals surface area (Å²) in [6.45, 7) is 18.1. The molecule has 0 saturated carbocycles. The zero-order valence-corrected chi connectivity index (χ0v) is 30.0. The van der Waals surface area contributed by atoms with Crippen LogP contribution in [-0.2, 0) is 28.8 Å². The minimum atomic E-state index is -1.04. The van der Waals surface area contributed by atoms with Crippen LogP contribution < -0.4 is 10.1 Å². The Bertz CT molecular complexity index is 1400. The number of ether oxygens (including phenoxy) is 2. The highest BCUT2D eigenvalue weighted by molar-refractivity contribution is 6.38. The first-order valence-corrected chi connectivity index (χ1v) is 16.6. The monoisotopic (exact) mass is 655 g/mol. The van der Waals surface area contributed by atoms with E-state index in [2.05, 4.69) is 10.5 Å². The van der Waals surface area contributed by atoms with Crippen LogP contribution in [0.15, 0.2) is 17.3 Å². The Morgan fingerprint density at radius 3 is 2.19 bits per heavy atom. The van der Waals surface area contributed by atoms with Gasteiger partial charge in [-0.3, -0.25) is 19.2 Å². The molecular formula is C36H53N3O8. The molecule has 1 saturated heterocycles. The molecule has 0 radical (unpaired) electrons. The molecule has 2 aliphatic heterocycles. The number of hydrogen-bond donors (Lipinski definition) is 1. The van der Waals surface area contributed by atoms with Gasteiger partial charge in [-0.1, -0.05) is 46.2 Å². The molecule has 1 spiro atoms. The third-order valence-electron chi connectivity index (χ3n) is 8.72. The highest BCUT2D eigenvalue weighted by Gasteiger charge is 2.55. The molecule has 11 heteroatoms. The fraction of sp³-hybridized carbons (Fsp3) is 0.667. The van der Waals surface area contributed by atoms with Crippen molar-refractivity contribution in [3.8, 4) is 5.75 Å². The number of amides is 2. The largest absolute Gasteiger partial charge is 0.496 e. The van der Waals surface area contributed by atoms with Crippen molar-refractivity contribution in [1.82, 2.24) is 10.2 Å². The third-order valence-corrected chi connectivity index (χ3v) is 8.72. The van der Waals surface area contributed by atoms with E-state index in [-0.39, 0.29) is 31.6 Å². The van der Waals surface area contributed by atoms with Crippen molar-refractivity contribution in [3.63, 3.8) is 0 Å². The molecule has 2 amide bonds. The van der Waals surface area contributed by atoms with Crippen molar-refractivity contribution in [3.05, 3.63) is 28.8 Å². The van der Waals surface area contributed by atoms with Gasteiger partial charge in [-0.15, -0.1) is 0 Å². The zero-order chi connectivity index (χ0) is 35.5. The summed E-state index contributed by atoms with van der Waals surface area (Å²) in [6.07, 6.45) is 0.632. The second-order valence-corrected chi connectivity index (χ2v) is 15.1. The SMILES string of the molecule is CCC[C@H](CC(=O)[C@@H]1C[C@]2(CC(c3cc(C)c(OC)c(C)c3)=NO2)CN1C(=O)[C@@H](NC(=O)OC(C)(C)C)C(C)(C)C)C(=O)C(=O)CC. The molecule has 47 heavy (non-hydrogen) atoms. The van der Waals surface area contributed by atoms with Crippen LogP contribution in [0.1, 0.15) is 111 Å². The van der Waals surface area contributed by atoms with Gasteiger partial charge in [0.1, 0.15) is 17.4 Å². The van der Waals surface area contributed by atoms with E-state index < -0.39 is 58.2 Å². The molecule has 4 atom stereocenters. The number of likely N-dealkylation sites (tertiary alicyclic amines) is 1. The number of ketones is 3. The van der Waals surface area contributed by atoms with Crippen LogP contribution >= 0.6 is 0 Å². The maximum atomic E-state index is 14.4. The van der Waals surface area contributed by atoms with Gasteiger partial charge in [0.2, 0.25) is 11.7 Å². The topological polar surface area (TPSA) is 141 Å². The van der Waals surface area contributed by atoms with Gasteiger partial charge in [-0.05, 0) is 69.7 Å². The third kappa shape index (κ3) is 8.99. The van der Waals surface area contributed by atoms with E-state index in [0.29, 0.717) is 25.0 Å². The van der Waals surface area contributed by atoms with Crippen LogP contribution in [0.4, 0.5) is 4.79 Å². The van der Waals surface area contributed by atoms with Gasteiger partial charge in [-0.2, -0.15) is 0 Å². The second-order valence-electron chi connectivity index (χ2n) is 15.1. The average molecular weight is 656 g/mol. The molecule has 260 valence electrons. The van der Waals surface area contributed by atoms with E-state index in [4.69, 9.17) is 14.3 Å². The predicted octanol–water partition coefficient (Wildman–Crippen LogP) is 5.64. The molecule has 2 aliphatic rings. The average Bonchev–Trinajstić information content (AvgIpc) is 3.56. The number of alkyl carbamates (subject to hydrolysis) is 1. The Hall–Kier alpha value is -3.76. The number of carbonyl (C=O) groups is 5. The number of nitrogens with zero attached hydrogens (tertiary/aromatic N) is 2. The molecule has 2 heterocycles. The Morgan fingerprint density at radius 1 is 1.06 bits per heavy atom. The number of Topliss-reactive ketones (excluding diaryl/α,β-unsaturated/α-hetero) is 3. The van der Waals surface area contributed by atoms with Crippen LogP contribution in [0.5, 0.6) is 5.75 Å². The smallest absolute Gasteiger partial charge is 0.408 e. The van der Waals surface area contributed by atoms with E-state index in [1.54, 1.807) is 34.8 Å². The van der Waals surface area contributed by atoms with Gasteiger partial charge in [-0.25, -0.2) is 4.79 Å². The summed E-state index contributed by atoms with van der Waals surface area (Å²) >= 11 is 0. The van der Waals surface area contributed by atoms with E-state index in [9.17, 15) is 24.0 Å². The van der Waals surface area contributed by atoms with E-state index >= 15 is 0 Å². The van der Waals surface area contributed by atoms with Gasteiger partial charge in [0.15, 0.2) is 17.2 Å². The van der Waals surface area contributed by atoms with Crippen molar-refractivity contribution in [2.24, 2.45) is 16.5 Å². The van der Waals surface area contributed by atoms with Crippen molar-refractivity contribution in [2.75, 3.05) is 13.7 Å². The van der Waals surface area contributed by atoms with Crippen LogP contribution in [-0.4, -0.2) is 76.9 Å². The summed E-state index contributed by atoms with van der Waals surface area (Å²) < 4.78 is 11.0. The molecule has 0 bridgehead atoms. The van der Waals surface area contributed by atoms with Crippen molar-refractivity contribution < 1.29 is 38.3 Å². The Balaban J connectivity index is 1.99. The first-order valence-electron chi connectivity index (χ1n) is 16.6. The predicted molar refractivity (Wildman–Crippen MR) is 178 cm³/mol. The quantitative estimate of drug-likeness (QED) is 0.286. The standard InChI is InChI=1S/C36H53N3O8/c1-12-14-23(29(42)27(40)13-2)17-28(41)26-19-36(18-25(38-47-36)24-15-21(3)30(45-11)22(4)16-24)20-39(26)32(43)31(34(5,6)7)37-33(44)46-35(8,9)10/h15-16,23,26,31H,12-14,17-20H2,1-11H3,(H,37,44)/t23-,26+,31-,36-/m1/s1. The van der Waals surface area contributed by atoms with E-state index in [0.717, 1.165) is 22.4 Å². The molecule has 3 rings (SSSR count). The number of rotatable bonds is 12. The summed E-state index contributed by atoms with van der Waals surface area (Å²) in [5, 5.41) is 7.18. The molecule has 11 nitrogen and oxygen atoms in total. The van der Waals surface area contributed by atoms with Gasteiger partial charge >= 0.3 is 6.09 Å². The number of oxime groups is 1. The summed E-state index contributed by atoms with van der Waals surface area (Å²) in [5.41, 5.74) is 0.898. The lowest BCUT2D eigenvalue weighted by Gasteiger charge is -2.36. The number of carbonyl (C=O) groups excluding carboxylic acids is 5. The van der Waals surface area contributed by atoms with Crippen LogP contribution in [0.3, 0.4) is 0 Å². The minimum absolute atomic E-state index is 0.0478. The maximum Gasteiger partial charge on any atom is 0.408 e. The highest BCUT2D eigenvalue weighted by atomic mass is 16.7. The van der Waals surface area contributed by atoms with Gasteiger partial charge in [0.25, 0.3) is 0 Å². The first kappa shape index (κ1) is 37.7. The van der Waals surface area contributed by atoms with Crippen molar-refractivity contribution in [2.45, 2.75) is 131 Å². The molecular weight excluding hydrogens is 602 g/mol. The van der Waals surface area contributed by atoms with Gasteiger partial charge in [0, 0.05) is 37.2 Å². The fourth-order valence-corrected chi connectivity index (χ4v) is 6.47. The zero-order valence-electron chi connectivity index (χ0n) is 30.0. The number of benzene rings is 1. The van der Waals surface area contributed by atoms with Gasteiger partial charge in [0.05, 0.1) is 25.4 Å². The molecule has 0 aromatic heterocycles. The van der Waals surface area contributed by atoms with E-state index in [1.807, 2.05) is 53.7 Å². The molecule has 1 aromatic carbocycles. The Labute approximate surface area is 279 Å².